The molecule has 0 bridgehead atoms. The van der Waals surface area contributed by atoms with Crippen LogP contribution in [0.1, 0.15) is 6.42 Å². The lowest BCUT2D eigenvalue weighted by Crippen LogP contribution is -2.23. The van der Waals surface area contributed by atoms with E-state index >= 15 is 0 Å². The van der Waals surface area contributed by atoms with Crippen LogP contribution in [0.15, 0.2) is 0 Å². The van der Waals surface area contributed by atoms with Gasteiger partial charge >= 0.3 is 10.3 Å². The van der Waals surface area contributed by atoms with Crippen LogP contribution < -0.4 is 4.72 Å². The Morgan fingerprint density at radius 3 is 2.42 bits per heavy atom. The van der Waals surface area contributed by atoms with Crippen LogP contribution in [0.5, 0.6) is 0 Å². The lowest BCUT2D eigenvalue weighted by atomic mass is 10.4. The van der Waals surface area contributed by atoms with Crippen molar-refractivity contribution >= 4 is 10.3 Å². The molecule has 0 aromatic rings. The molecule has 5 nitrogen and oxygen atoms in total. The Balaban J connectivity index is 3.45. The van der Waals surface area contributed by atoms with Gasteiger partial charge in [-0.3, -0.25) is 4.18 Å². The Morgan fingerprint density at radius 2 is 2.00 bits per heavy atom. The van der Waals surface area contributed by atoms with Gasteiger partial charge in [-0.15, -0.1) is 0 Å². The fraction of sp³-hybridized carbons (Fsp3) is 1.00. The smallest absolute Gasteiger partial charge is 0.309 e. The number of nitrogens with one attached hydrogen (secondary N) is 1. The third-order valence-electron chi connectivity index (χ3n) is 1.24. The molecule has 0 saturated carbocycles. The molecule has 0 unspecified atom stereocenters. The van der Waals surface area contributed by atoms with Gasteiger partial charge in [0.2, 0.25) is 0 Å². The first-order valence-corrected chi connectivity index (χ1v) is 5.11. The van der Waals surface area contributed by atoms with Crippen LogP contribution in [-0.4, -0.2) is 47.6 Å². The average molecular weight is 196 g/mol. The third kappa shape index (κ3) is 6.53. The summed E-state index contributed by atoms with van der Waals surface area (Å²) in [7, 11) is 1.68. The molecule has 0 aliphatic carbocycles. The van der Waals surface area contributed by atoms with Crippen LogP contribution in [0.4, 0.5) is 0 Å². The van der Waals surface area contributed by atoms with Gasteiger partial charge in [0.05, 0.1) is 6.61 Å². The Bertz CT molecular complexity index is 201. The molecule has 0 radical (unpaired) electrons. The molecule has 0 aromatic heterocycles. The van der Waals surface area contributed by atoms with Gasteiger partial charge in [0.25, 0.3) is 0 Å². The predicted octanol–water partition coefficient (Wildman–Crippen LogP) is -0.581. The average Bonchev–Trinajstić information content (AvgIpc) is 1.98. The largest absolute Gasteiger partial charge is 0.335 e. The monoisotopic (exact) mass is 196 g/mol. The first-order chi connectivity index (χ1) is 5.48. The molecule has 0 fully saturated rings. The van der Waals surface area contributed by atoms with E-state index in [1.54, 1.807) is 0 Å². The second-order valence-corrected chi connectivity index (χ2v) is 4.19. The zero-order valence-electron chi connectivity index (χ0n) is 7.70. The van der Waals surface area contributed by atoms with Crippen molar-refractivity contribution in [1.82, 2.24) is 9.62 Å². The zero-order valence-corrected chi connectivity index (χ0v) is 8.52. The van der Waals surface area contributed by atoms with Gasteiger partial charge in [-0.25, -0.2) is 0 Å². The van der Waals surface area contributed by atoms with Crippen molar-refractivity contribution in [1.29, 1.82) is 0 Å². The number of rotatable bonds is 6. The first-order valence-electron chi connectivity index (χ1n) is 3.70. The van der Waals surface area contributed by atoms with Gasteiger partial charge in [0.1, 0.15) is 0 Å². The van der Waals surface area contributed by atoms with Crippen LogP contribution in [0.3, 0.4) is 0 Å². The van der Waals surface area contributed by atoms with E-state index in [-0.39, 0.29) is 6.61 Å². The molecule has 12 heavy (non-hydrogen) atoms. The van der Waals surface area contributed by atoms with Crippen molar-refractivity contribution in [3.05, 3.63) is 0 Å². The predicted molar refractivity (Wildman–Crippen MR) is 47.1 cm³/mol. The summed E-state index contributed by atoms with van der Waals surface area (Å²) in [4.78, 5) is 1.97. The van der Waals surface area contributed by atoms with Crippen molar-refractivity contribution in [2.45, 2.75) is 6.42 Å². The summed E-state index contributed by atoms with van der Waals surface area (Å²) in [6.07, 6.45) is 0.702. The highest BCUT2D eigenvalue weighted by Crippen LogP contribution is 1.90. The third-order valence-corrected chi connectivity index (χ3v) is 2.22. The van der Waals surface area contributed by atoms with E-state index in [1.807, 2.05) is 19.0 Å². The summed E-state index contributed by atoms with van der Waals surface area (Å²) >= 11 is 0. The molecular weight excluding hydrogens is 180 g/mol. The van der Waals surface area contributed by atoms with E-state index in [9.17, 15) is 8.42 Å². The highest BCUT2D eigenvalue weighted by atomic mass is 32.2. The Labute approximate surface area is 74.0 Å². The summed E-state index contributed by atoms with van der Waals surface area (Å²) in [6, 6.07) is 0. The van der Waals surface area contributed by atoms with E-state index in [0.29, 0.717) is 6.42 Å². The van der Waals surface area contributed by atoms with E-state index in [1.165, 1.54) is 7.05 Å². The maximum atomic E-state index is 10.7. The summed E-state index contributed by atoms with van der Waals surface area (Å²) in [5.74, 6) is 0. The van der Waals surface area contributed by atoms with E-state index in [4.69, 9.17) is 0 Å². The number of hydrogen-bond acceptors (Lipinski definition) is 4. The van der Waals surface area contributed by atoms with E-state index < -0.39 is 10.3 Å². The van der Waals surface area contributed by atoms with Gasteiger partial charge in [-0.2, -0.15) is 13.1 Å². The summed E-state index contributed by atoms with van der Waals surface area (Å²) < 4.78 is 28.0. The normalized spacial score (nSPS) is 12.3. The fourth-order valence-electron chi connectivity index (χ4n) is 0.608. The molecule has 0 aliphatic heterocycles. The molecule has 0 heterocycles. The van der Waals surface area contributed by atoms with Crippen molar-refractivity contribution in [2.24, 2.45) is 0 Å². The van der Waals surface area contributed by atoms with Crippen molar-refractivity contribution < 1.29 is 12.6 Å². The van der Waals surface area contributed by atoms with Crippen LogP contribution >= 0.6 is 0 Å². The Morgan fingerprint density at radius 1 is 1.42 bits per heavy atom. The number of hydrogen-bond donors (Lipinski definition) is 1. The fourth-order valence-corrected chi connectivity index (χ4v) is 1.06. The minimum Gasteiger partial charge on any atom is -0.309 e. The molecule has 6 heteroatoms. The Hall–Kier alpha value is -0.170. The first kappa shape index (κ1) is 11.8. The molecule has 74 valence electrons. The molecule has 0 atom stereocenters. The highest BCUT2D eigenvalue weighted by Gasteiger charge is 2.05. The standard InChI is InChI=1S/C6H16N2O3S/c1-7-12(9,10)11-6-4-5-8(2)3/h7H,4-6H2,1-3H3. The van der Waals surface area contributed by atoms with Gasteiger partial charge in [0.15, 0.2) is 0 Å². The SMILES string of the molecule is CNS(=O)(=O)OCCCN(C)C. The second-order valence-electron chi connectivity index (χ2n) is 2.64. The van der Waals surface area contributed by atoms with Crippen LogP contribution in [0.2, 0.25) is 0 Å². The summed E-state index contributed by atoms with van der Waals surface area (Å²) in [6.45, 7) is 1.04. The quantitative estimate of drug-likeness (QED) is 0.577. The molecule has 0 spiro atoms. The van der Waals surface area contributed by atoms with Gasteiger partial charge in [0, 0.05) is 7.05 Å². The van der Waals surface area contributed by atoms with Crippen molar-refractivity contribution in [3.63, 3.8) is 0 Å². The minimum absolute atomic E-state index is 0.224. The minimum atomic E-state index is -3.49. The van der Waals surface area contributed by atoms with Crippen LogP contribution in [0, 0.1) is 0 Å². The Kier molecular flexibility index (Phi) is 5.39. The van der Waals surface area contributed by atoms with Gasteiger partial charge < -0.3 is 4.90 Å². The molecule has 0 saturated heterocycles. The van der Waals surface area contributed by atoms with Crippen molar-refractivity contribution in [3.8, 4) is 0 Å². The zero-order chi connectivity index (χ0) is 9.61. The lowest BCUT2D eigenvalue weighted by Gasteiger charge is -2.08. The summed E-state index contributed by atoms with van der Waals surface area (Å²) in [5, 5.41) is 0. The maximum absolute atomic E-state index is 10.7. The topological polar surface area (TPSA) is 58.6 Å². The molecular formula is C6H16N2O3S. The van der Waals surface area contributed by atoms with E-state index in [0.717, 1.165) is 6.54 Å². The molecule has 0 aromatic carbocycles. The van der Waals surface area contributed by atoms with Crippen molar-refractivity contribution in [2.75, 3.05) is 34.3 Å². The summed E-state index contributed by atoms with van der Waals surface area (Å²) in [5.41, 5.74) is 0. The van der Waals surface area contributed by atoms with Gasteiger partial charge in [-0.1, -0.05) is 0 Å². The van der Waals surface area contributed by atoms with Gasteiger partial charge in [-0.05, 0) is 27.1 Å². The molecule has 1 N–H and O–H groups in total. The van der Waals surface area contributed by atoms with Crippen LogP contribution in [-0.2, 0) is 14.5 Å². The molecule has 0 amide bonds. The van der Waals surface area contributed by atoms with E-state index in [2.05, 4.69) is 8.91 Å². The number of nitrogens with zero attached hydrogens (tertiary/aromatic N) is 1. The second kappa shape index (κ2) is 5.47. The van der Waals surface area contributed by atoms with Crippen LogP contribution in [0.25, 0.3) is 0 Å². The lowest BCUT2D eigenvalue weighted by molar-refractivity contribution is 0.281. The molecule has 0 aliphatic rings. The maximum Gasteiger partial charge on any atom is 0.335 e. The molecule has 0 rings (SSSR count). The highest BCUT2D eigenvalue weighted by molar-refractivity contribution is 7.84.